The Morgan fingerprint density at radius 3 is 2.29 bits per heavy atom. The third kappa shape index (κ3) is 2.61. The van der Waals surface area contributed by atoms with E-state index < -0.39 is 0 Å². The second kappa shape index (κ2) is 5.23. The zero-order valence-corrected chi connectivity index (χ0v) is 11.2. The van der Waals surface area contributed by atoms with Crippen molar-refractivity contribution in [1.82, 2.24) is 15.0 Å². The van der Waals surface area contributed by atoms with Gasteiger partial charge in [0.1, 0.15) is 0 Å². The first-order chi connectivity index (χ1) is 8.24. The van der Waals surface area contributed by atoms with Crippen LogP contribution in [-0.2, 0) is 0 Å². The molecule has 0 aliphatic rings. The number of aryl methyl sites for hydroxylation is 1. The summed E-state index contributed by atoms with van der Waals surface area (Å²) in [7, 11) is 0. The van der Waals surface area contributed by atoms with E-state index in [4.69, 9.17) is 0 Å². The number of rotatable bonds is 4. The molecule has 0 saturated carbocycles. The van der Waals surface area contributed by atoms with Gasteiger partial charge in [-0.15, -0.1) is 11.3 Å². The normalized spacial score (nSPS) is 10.5. The molecule has 0 N–H and O–H groups in total. The van der Waals surface area contributed by atoms with Crippen LogP contribution in [0.5, 0.6) is 0 Å². The molecule has 0 unspecified atom stereocenters. The van der Waals surface area contributed by atoms with Crippen molar-refractivity contribution in [2.75, 3.05) is 18.0 Å². The highest BCUT2D eigenvalue weighted by atomic mass is 32.1. The molecule has 0 radical (unpaired) electrons. The molecule has 90 valence electrons. The molecule has 0 atom stereocenters. The van der Waals surface area contributed by atoms with Crippen LogP contribution in [0.15, 0.2) is 17.8 Å². The molecule has 2 aromatic heterocycles. The lowest BCUT2D eigenvalue weighted by Gasteiger charge is -2.17. The minimum atomic E-state index is 0.783. The van der Waals surface area contributed by atoms with E-state index in [-0.39, 0.29) is 0 Å². The van der Waals surface area contributed by atoms with Crippen LogP contribution in [0.4, 0.5) is 5.95 Å². The van der Waals surface area contributed by atoms with Crippen molar-refractivity contribution in [3.63, 3.8) is 0 Å². The van der Waals surface area contributed by atoms with Gasteiger partial charge in [-0.1, -0.05) is 0 Å². The second-order valence-electron chi connectivity index (χ2n) is 3.70. The van der Waals surface area contributed by atoms with Gasteiger partial charge in [0.15, 0.2) is 0 Å². The molecule has 0 fully saturated rings. The van der Waals surface area contributed by atoms with Gasteiger partial charge in [0.25, 0.3) is 0 Å². The first-order valence-electron chi connectivity index (χ1n) is 5.74. The van der Waals surface area contributed by atoms with Crippen LogP contribution in [0, 0.1) is 6.92 Å². The quantitative estimate of drug-likeness (QED) is 0.834. The number of hydrogen-bond acceptors (Lipinski definition) is 5. The molecule has 4 nitrogen and oxygen atoms in total. The van der Waals surface area contributed by atoms with Crippen LogP contribution in [0.3, 0.4) is 0 Å². The van der Waals surface area contributed by atoms with Crippen molar-refractivity contribution in [1.29, 1.82) is 0 Å². The Labute approximate surface area is 105 Å². The molecule has 0 saturated heterocycles. The Kier molecular flexibility index (Phi) is 3.68. The molecule has 0 spiro atoms. The fourth-order valence-electron chi connectivity index (χ4n) is 1.62. The van der Waals surface area contributed by atoms with Crippen molar-refractivity contribution in [3.05, 3.63) is 22.8 Å². The Morgan fingerprint density at radius 1 is 1.18 bits per heavy atom. The first-order valence-corrected chi connectivity index (χ1v) is 6.62. The summed E-state index contributed by atoms with van der Waals surface area (Å²) in [5.74, 6) is 0.783. The highest BCUT2D eigenvalue weighted by Crippen LogP contribution is 2.20. The zero-order chi connectivity index (χ0) is 12.3. The molecule has 2 heterocycles. The number of aromatic nitrogens is 3. The molecule has 2 aromatic rings. The van der Waals surface area contributed by atoms with Crippen LogP contribution < -0.4 is 4.90 Å². The maximum Gasteiger partial charge on any atom is 0.225 e. The zero-order valence-electron chi connectivity index (χ0n) is 10.3. The summed E-state index contributed by atoms with van der Waals surface area (Å²) < 4.78 is 0. The summed E-state index contributed by atoms with van der Waals surface area (Å²) in [6, 6.07) is 0. The van der Waals surface area contributed by atoms with Crippen molar-refractivity contribution in [2.24, 2.45) is 0 Å². The highest BCUT2D eigenvalue weighted by molar-refractivity contribution is 7.09. The van der Waals surface area contributed by atoms with Crippen LogP contribution in [-0.4, -0.2) is 28.0 Å². The molecule has 0 amide bonds. The summed E-state index contributed by atoms with van der Waals surface area (Å²) >= 11 is 1.64. The van der Waals surface area contributed by atoms with Gasteiger partial charge in [0.2, 0.25) is 5.95 Å². The molecule has 0 bridgehead atoms. The largest absolute Gasteiger partial charge is 0.341 e. The summed E-state index contributed by atoms with van der Waals surface area (Å²) in [4.78, 5) is 15.3. The molecule has 0 aromatic carbocycles. The maximum atomic E-state index is 4.42. The predicted octanol–water partition coefficient (Wildman–Crippen LogP) is 2.75. The van der Waals surface area contributed by atoms with Crippen molar-refractivity contribution in [3.8, 4) is 11.3 Å². The molecule has 2 rings (SSSR count). The molecule has 0 aliphatic carbocycles. The average molecular weight is 248 g/mol. The summed E-state index contributed by atoms with van der Waals surface area (Å²) in [5.41, 5.74) is 1.93. The van der Waals surface area contributed by atoms with Gasteiger partial charge >= 0.3 is 0 Å². The average Bonchev–Trinajstić information content (AvgIpc) is 2.78. The molecule has 0 aliphatic heterocycles. The SMILES string of the molecule is CCN(CC)c1ncc(-c2csc(C)n2)cn1. The molecular weight excluding hydrogens is 232 g/mol. The molecular formula is C12H16N4S. The Hall–Kier alpha value is -1.49. The number of nitrogens with zero attached hydrogens (tertiary/aromatic N) is 4. The summed E-state index contributed by atoms with van der Waals surface area (Å²) in [6.07, 6.45) is 3.68. The maximum absolute atomic E-state index is 4.42. The van der Waals surface area contributed by atoms with Crippen LogP contribution in [0.25, 0.3) is 11.3 Å². The van der Waals surface area contributed by atoms with Crippen LogP contribution in [0.1, 0.15) is 18.9 Å². The summed E-state index contributed by atoms with van der Waals surface area (Å²) in [5, 5.41) is 3.10. The third-order valence-corrected chi connectivity index (χ3v) is 3.37. The lowest BCUT2D eigenvalue weighted by atomic mass is 10.3. The minimum absolute atomic E-state index is 0.783. The minimum Gasteiger partial charge on any atom is -0.341 e. The van der Waals surface area contributed by atoms with Gasteiger partial charge in [0, 0.05) is 36.4 Å². The number of anilines is 1. The van der Waals surface area contributed by atoms with Crippen LogP contribution >= 0.6 is 11.3 Å². The Morgan fingerprint density at radius 2 is 1.82 bits per heavy atom. The van der Waals surface area contributed by atoms with E-state index in [2.05, 4.69) is 33.7 Å². The standard InChI is InChI=1S/C12H16N4S/c1-4-16(5-2)12-13-6-10(7-14-12)11-8-17-9(3)15-11/h6-8H,4-5H2,1-3H3. The summed E-state index contributed by atoms with van der Waals surface area (Å²) in [6.45, 7) is 8.05. The Bertz CT molecular complexity index is 474. The lowest BCUT2D eigenvalue weighted by Crippen LogP contribution is -2.23. The van der Waals surface area contributed by atoms with Crippen molar-refractivity contribution < 1.29 is 0 Å². The van der Waals surface area contributed by atoms with Gasteiger partial charge in [-0.3, -0.25) is 0 Å². The smallest absolute Gasteiger partial charge is 0.225 e. The molecule has 5 heteroatoms. The first kappa shape index (κ1) is 12.0. The monoisotopic (exact) mass is 248 g/mol. The van der Waals surface area contributed by atoms with Crippen LogP contribution in [0.2, 0.25) is 0 Å². The topological polar surface area (TPSA) is 41.9 Å². The van der Waals surface area contributed by atoms with E-state index in [1.807, 2.05) is 24.7 Å². The van der Waals surface area contributed by atoms with E-state index in [0.717, 1.165) is 35.3 Å². The van der Waals surface area contributed by atoms with Gasteiger partial charge in [-0.05, 0) is 20.8 Å². The van der Waals surface area contributed by atoms with Gasteiger partial charge < -0.3 is 4.90 Å². The third-order valence-electron chi connectivity index (χ3n) is 2.60. The van der Waals surface area contributed by atoms with E-state index >= 15 is 0 Å². The second-order valence-corrected chi connectivity index (χ2v) is 4.76. The van der Waals surface area contributed by atoms with Gasteiger partial charge in [0.05, 0.1) is 10.7 Å². The van der Waals surface area contributed by atoms with Crippen molar-refractivity contribution in [2.45, 2.75) is 20.8 Å². The fraction of sp³-hybridized carbons (Fsp3) is 0.417. The van der Waals surface area contributed by atoms with Gasteiger partial charge in [-0.25, -0.2) is 15.0 Å². The van der Waals surface area contributed by atoms with Crippen molar-refractivity contribution >= 4 is 17.3 Å². The van der Waals surface area contributed by atoms with E-state index in [1.54, 1.807) is 11.3 Å². The fourth-order valence-corrected chi connectivity index (χ4v) is 2.24. The number of thiazole rings is 1. The van der Waals surface area contributed by atoms with E-state index in [1.165, 1.54) is 0 Å². The predicted molar refractivity (Wildman–Crippen MR) is 71.4 cm³/mol. The lowest BCUT2D eigenvalue weighted by molar-refractivity contribution is 0.821. The van der Waals surface area contributed by atoms with Gasteiger partial charge in [-0.2, -0.15) is 0 Å². The number of hydrogen-bond donors (Lipinski definition) is 0. The van der Waals surface area contributed by atoms with E-state index in [9.17, 15) is 0 Å². The molecule has 17 heavy (non-hydrogen) atoms. The Balaban J connectivity index is 2.23. The highest BCUT2D eigenvalue weighted by Gasteiger charge is 2.07. The van der Waals surface area contributed by atoms with E-state index in [0.29, 0.717) is 0 Å².